The van der Waals surface area contributed by atoms with Gasteiger partial charge in [0, 0.05) is 7.11 Å². The summed E-state index contributed by atoms with van der Waals surface area (Å²) in [7, 11) is 1.60. The number of benzene rings is 2. The van der Waals surface area contributed by atoms with Crippen LogP contribution in [0.25, 0.3) is 10.8 Å². The Morgan fingerprint density at radius 3 is 2.88 bits per heavy atom. The Morgan fingerprint density at radius 2 is 2.04 bits per heavy atom. The minimum atomic E-state index is -0.253. The highest BCUT2D eigenvalue weighted by molar-refractivity contribution is 5.84. The van der Waals surface area contributed by atoms with Gasteiger partial charge in [-0.3, -0.25) is 4.79 Å². The van der Waals surface area contributed by atoms with Crippen molar-refractivity contribution in [1.82, 2.24) is 15.5 Å². The number of amides is 1. The molecule has 7 nitrogen and oxygen atoms in total. The number of hydrogen-bond donors (Lipinski definition) is 1. The zero-order valence-corrected chi connectivity index (χ0v) is 13.9. The number of ether oxygens (including phenoxy) is 2. The molecule has 0 unspecified atom stereocenters. The first-order chi connectivity index (χ1) is 12.2. The lowest BCUT2D eigenvalue weighted by Crippen LogP contribution is -2.28. The quantitative estimate of drug-likeness (QED) is 0.675. The van der Waals surface area contributed by atoms with Crippen molar-refractivity contribution in [2.24, 2.45) is 0 Å². The summed E-state index contributed by atoms with van der Waals surface area (Å²) in [6.07, 6.45) is 0.544. The molecule has 7 heteroatoms. The van der Waals surface area contributed by atoms with E-state index in [-0.39, 0.29) is 19.1 Å². The Bertz CT molecular complexity index is 847. The van der Waals surface area contributed by atoms with Crippen molar-refractivity contribution >= 4 is 16.7 Å². The van der Waals surface area contributed by atoms with Gasteiger partial charge in [0.25, 0.3) is 5.91 Å². The molecule has 0 aliphatic rings. The zero-order chi connectivity index (χ0) is 17.5. The number of methoxy groups -OCH3 is 1. The lowest BCUT2D eigenvalue weighted by Gasteiger charge is -2.07. The SMILES string of the molecule is COCCc1nc(CNC(=O)COc2ccc3ccccc3c2)no1. The molecule has 0 saturated carbocycles. The van der Waals surface area contributed by atoms with Crippen molar-refractivity contribution in [2.75, 3.05) is 20.3 Å². The van der Waals surface area contributed by atoms with E-state index in [1.807, 2.05) is 42.5 Å². The van der Waals surface area contributed by atoms with Crippen LogP contribution in [0.1, 0.15) is 11.7 Å². The fourth-order valence-electron chi connectivity index (χ4n) is 2.29. The van der Waals surface area contributed by atoms with E-state index in [0.29, 0.717) is 30.5 Å². The highest BCUT2D eigenvalue weighted by atomic mass is 16.5. The molecule has 130 valence electrons. The summed E-state index contributed by atoms with van der Waals surface area (Å²) >= 11 is 0. The first-order valence-electron chi connectivity index (χ1n) is 7.93. The molecule has 2 aromatic carbocycles. The van der Waals surface area contributed by atoms with Crippen molar-refractivity contribution in [3.8, 4) is 5.75 Å². The molecule has 0 spiro atoms. The van der Waals surface area contributed by atoms with Crippen LogP contribution >= 0.6 is 0 Å². The van der Waals surface area contributed by atoms with Gasteiger partial charge in [-0.2, -0.15) is 4.98 Å². The third-order valence-corrected chi connectivity index (χ3v) is 3.56. The molecule has 3 aromatic rings. The van der Waals surface area contributed by atoms with E-state index in [1.165, 1.54) is 0 Å². The highest BCUT2D eigenvalue weighted by Gasteiger charge is 2.08. The minimum absolute atomic E-state index is 0.0767. The maximum Gasteiger partial charge on any atom is 0.258 e. The average Bonchev–Trinajstić information content (AvgIpc) is 3.10. The Labute approximate surface area is 144 Å². The summed E-state index contributed by atoms with van der Waals surface area (Å²) in [6, 6.07) is 13.7. The number of rotatable bonds is 8. The summed E-state index contributed by atoms with van der Waals surface area (Å²) < 4.78 is 15.5. The molecule has 0 aliphatic heterocycles. The molecular formula is C18H19N3O4. The van der Waals surface area contributed by atoms with E-state index >= 15 is 0 Å². The Hall–Kier alpha value is -2.93. The van der Waals surface area contributed by atoms with Gasteiger partial charge in [0.05, 0.1) is 19.6 Å². The minimum Gasteiger partial charge on any atom is -0.484 e. The molecule has 0 bridgehead atoms. The third-order valence-electron chi connectivity index (χ3n) is 3.56. The van der Waals surface area contributed by atoms with E-state index in [9.17, 15) is 4.79 Å². The third kappa shape index (κ3) is 4.77. The van der Waals surface area contributed by atoms with Gasteiger partial charge < -0.3 is 19.3 Å². The lowest BCUT2D eigenvalue weighted by molar-refractivity contribution is -0.123. The summed E-state index contributed by atoms with van der Waals surface area (Å²) in [4.78, 5) is 16.0. The van der Waals surface area contributed by atoms with E-state index in [1.54, 1.807) is 7.11 Å². The summed E-state index contributed by atoms with van der Waals surface area (Å²) in [5.41, 5.74) is 0. The normalized spacial score (nSPS) is 10.8. The first-order valence-corrected chi connectivity index (χ1v) is 7.93. The van der Waals surface area contributed by atoms with Gasteiger partial charge in [0.15, 0.2) is 12.4 Å². The number of hydrogen-bond acceptors (Lipinski definition) is 6. The average molecular weight is 341 g/mol. The second kappa shape index (κ2) is 8.25. The lowest BCUT2D eigenvalue weighted by atomic mass is 10.1. The number of carbonyl (C=O) groups is 1. The fraction of sp³-hybridized carbons (Fsp3) is 0.278. The number of aromatic nitrogens is 2. The monoisotopic (exact) mass is 341 g/mol. The molecule has 0 radical (unpaired) electrons. The fourth-order valence-corrected chi connectivity index (χ4v) is 2.29. The Kier molecular flexibility index (Phi) is 5.58. The molecule has 1 heterocycles. The van der Waals surface area contributed by atoms with E-state index < -0.39 is 0 Å². The van der Waals surface area contributed by atoms with Crippen LogP contribution in [-0.2, 0) is 22.5 Å². The molecule has 0 atom stereocenters. The van der Waals surface area contributed by atoms with Crippen molar-refractivity contribution in [3.63, 3.8) is 0 Å². The highest BCUT2D eigenvalue weighted by Crippen LogP contribution is 2.20. The molecule has 1 N–H and O–H groups in total. The molecule has 1 amide bonds. The molecular weight excluding hydrogens is 322 g/mol. The molecule has 1 aromatic heterocycles. The number of fused-ring (bicyclic) bond motifs is 1. The van der Waals surface area contributed by atoms with Gasteiger partial charge in [-0.1, -0.05) is 35.5 Å². The summed E-state index contributed by atoms with van der Waals surface area (Å²) in [5, 5.41) is 8.68. The Morgan fingerprint density at radius 1 is 1.20 bits per heavy atom. The van der Waals surface area contributed by atoms with E-state index in [0.717, 1.165) is 10.8 Å². The van der Waals surface area contributed by atoms with Crippen LogP contribution in [-0.4, -0.2) is 36.4 Å². The molecule has 0 fully saturated rings. The summed E-state index contributed by atoms with van der Waals surface area (Å²) in [6.45, 7) is 0.622. The number of nitrogens with zero attached hydrogens (tertiary/aromatic N) is 2. The molecule has 0 aliphatic carbocycles. The van der Waals surface area contributed by atoms with Crippen LogP contribution in [0.15, 0.2) is 47.0 Å². The summed E-state index contributed by atoms with van der Waals surface area (Å²) in [5.74, 6) is 1.30. The Balaban J connectivity index is 1.46. The predicted molar refractivity (Wildman–Crippen MR) is 91.2 cm³/mol. The van der Waals surface area contributed by atoms with Crippen LogP contribution < -0.4 is 10.1 Å². The van der Waals surface area contributed by atoms with Crippen LogP contribution in [0.3, 0.4) is 0 Å². The van der Waals surface area contributed by atoms with Gasteiger partial charge in [-0.15, -0.1) is 0 Å². The van der Waals surface area contributed by atoms with Crippen LogP contribution in [0.2, 0.25) is 0 Å². The predicted octanol–water partition coefficient (Wildman–Crippen LogP) is 2.11. The van der Waals surface area contributed by atoms with Gasteiger partial charge in [0.2, 0.25) is 5.89 Å². The van der Waals surface area contributed by atoms with Crippen molar-refractivity contribution in [3.05, 3.63) is 54.2 Å². The first kappa shape index (κ1) is 16.9. The number of nitrogens with one attached hydrogen (secondary N) is 1. The topological polar surface area (TPSA) is 86.5 Å². The smallest absolute Gasteiger partial charge is 0.258 e. The molecule has 0 saturated heterocycles. The zero-order valence-electron chi connectivity index (χ0n) is 13.9. The second-order valence-electron chi connectivity index (χ2n) is 5.42. The number of carbonyl (C=O) groups excluding carboxylic acids is 1. The van der Waals surface area contributed by atoms with Gasteiger partial charge in [-0.25, -0.2) is 0 Å². The molecule has 25 heavy (non-hydrogen) atoms. The van der Waals surface area contributed by atoms with Crippen molar-refractivity contribution in [2.45, 2.75) is 13.0 Å². The van der Waals surface area contributed by atoms with Gasteiger partial charge in [0.1, 0.15) is 5.75 Å². The van der Waals surface area contributed by atoms with Crippen LogP contribution in [0.4, 0.5) is 0 Å². The molecule has 3 rings (SSSR count). The maximum atomic E-state index is 11.9. The standard InChI is InChI=1S/C18H19N3O4/c1-23-9-8-18-20-16(21-25-18)11-19-17(22)12-24-15-7-6-13-4-2-3-5-14(13)10-15/h2-7,10H,8-9,11-12H2,1H3,(H,19,22). The maximum absolute atomic E-state index is 11.9. The second-order valence-corrected chi connectivity index (χ2v) is 5.42. The van der Waals surface area contributed by atoms with Gasteiger partial charge >= 0.3 is 0 Å². The van der Waals surface area contributed by atoms with E-state index in [4.69, 9.17) is 14.0 Å². The van der Waals surface area contributed by atoms with Crippen LogP contribution in [0.5, 0.6) is 5.75 Å². The van der Waals surface area contributed by atoms with Gasteiger partial charge in [-0.05, 0) is 22.9 Å². The largest absolute Gasteiger partial charge is 0.484 e. The van der Waals surface area contributed by atoms with Crippen molar-refractivity contribution < 1.29 is 18.8 Å². The van der Waals surface area contributed by atoms with Crippen LogP contribution in [0, 0.1) is 0 Å². The van der Waals surface area contributed by atoms with Crippen molar-refractivity contribution in [1.29, 1.82) is 0 Å². The van der Waals surface area contributed by atoms with E-state index in [2.05, 4.69) is 15.5 Å².